The highest BCUT2D eigenvalue weighted by Gasteiger charge is 2.28. The monoisotopic (exact) mass is 436 g/mol. The van der Waals surface area contributed by atoms with Crippen LogP contribution in [0.25, 0.3) is 16.5 Å². The number of hydrogen-bond donors (Lipinski definition) is 1. The standard InChI is InChI=1S/C20H21FN2O4S2/c1-14(20(25)23-10-12-29(26,27)13-11-23)22-19(24)9-7-17-6-8-18(28-17)15-2-4-16(21)5-3-15/h2-9,14H,10-13H2,1H3,(H,22,24)/b9-7+. The van der Waals surface area contributed by atoms with Gasteiger partial charge in [0.2, 0.25) is 11.8 Å². The van der Waals surface area contributed by atoms with Gasteiger partial charge in [0.15, 0.2) is 9.84 Å². The first kappa shape index (κ1) is 21.2. The number of hydrogen-bond acceptors (Lipinski definition) is 5. The highest BCUT2D eigenvalue weighted by atomic mass is 32.2. The maximum Gasteiger partial charge on any atom is 0.244 e. The summed E-state index contributed by atoms with van der Waals surface area (Å²) >= 11 is 1.46. The Labute approximate surface area is 173 Å². The minimum absolute atomic E-state index is 0.0475. The van der Waals surface area contributed by atoms with Crippen molar-refractivity contribution in [2.24, 2.45) is 0 Å². The number of halogens is 1. The van der Waals surface area contributed by atoms with Crippen molar-refractivity contribution in [1.82, 2.24) is 10.2 Å². The Bertz CT molecular complexity index is 1020. The van der Waals surface area contributed by atoms with E-state index in [0.29, 0.717) is 0 Å². The molecule has 0 spiro atoms. The zero-order chi connectivity index (χ0) is 21.0. The van der Waals surface area contributed by atoms with Crippen LogP contribution in [0.4, 0.5) is 4.39 Å². The number of thiophene rings is 1. The van der Waals surface area contributed by atoms with Crippen molar-refractivity contribution < 1.29 is 22.4 Å². The Kier molecular flexibility index (Phi) is 6.49. The average Bonchev–Trinajstić information content (AvgIpc) is 3.15. The van der Waals surface area contributed by atoms with Crippen molar-refractivity contribution in [3.8, 4) is 10.4 Å². The predicted octanol–water partition coefficient (Wildman–Crippen LogP) is 2.33. The molecule has 0 aliphatic carbocycles. The Morgan fingerprint density at radius 1 is 1.14 bits per heavy atom. The van der Waals surface area contributed by atoms with Gasteiger partial charge in [-0.1, -0.05) is 12.1 Å². The van der Waals surface area contributed by atoms with E-state index in [1.807, 2.05) is 12.1 Å². The topological polar surface area (TPSA) is 83.6 Å². The Morgan fingerprint density at radius 2 is 1.79 bits per heavy atom. The lowest BCUT2D eigenvalue weighted by atomic mass is 10.2. The van der Waals surface area contributed by atoms with Crippen LogP contribution in [0.3, 0.4) is 0 Å². The van der Waals surface area contributed by atoms with Gasteiger partial charge in [-0.05, 0) is 42.8 Å². The summed E-state index contributed by atoms with van der Waals surface area (Å²) < 4.78 is 35.9. The first-order chi connectivity index (χ1) is 13.7. The Balaban J connectivity index is 1.54. The van der Waals surface area contributed by atoms with Gasteiger partial charge in [0.25, 0.3) is 0 Å². The highest BCUT2D eigenvalue weighted by Crippen LogP contribution is 2.28. The molecule has 1 aliphatic heterocycles. The summed E-state index contributed by atoms with van der Waals surface area (Å²) in [5.74, 6) is -1.09. The molecular formula is C20H21FN2O4S2. The zero-order valence-corrected chi connectivity index (χ0v) is 17.4. The molecule has 1 fully saturated rings. The van der Waals surface area contributed by atoms with Crippen LogP contribution in [-0.2, 0) is 19.4 Å². The largest absolute Gasteiger partial charge is 0.341 e. The van der Waals surface area contributed by atoms with Crippen molar-refractivity contribution in [3.63, 3.8) is 0 Å². The van der Waals surface area contributed by atoms with Crippen LogP contribution in [0.15, 0.2) is 42.5 Å². The number of nitrogens with one attached hydrogen (secondary N) is 1. The molecule has 1 N–H and O–H groups in total. The fourth-order valence-electron chi connectivity index (χ4n) is 2.90. The van der Waals surface area contributed by atoms with Crippen molar-refractivity contribution >= 4 is 39.1 Å². The van der Waals surface area contributed by atoms with Crippen LogP contribution in [0.2, 0.25) is 0 Å². The molecule has 1 atom stereocenters. The number of rotatable bonds is 5. The summed E-state index contributed by atoms with van der Waals surface area (Å²) in [6.45, 7) is 1.88. The molecule has 1 unspecified atom stereocenters. The summed E-state index contributed by atoms with van der Waals surface area (Å²) in [6.07, 6.45) is 3.00. The van der Waals surface area contributed by atoms with E-state index in [4.69, 9.17) is 0 Å². The van der Waals surface area contributed by atoms with Gasteiger partial charge in [-0.25, -0.2) is 12.8 Å². The van der Waals surface area contributed by atoms with E-state index in [2.05, 4.69) is 5.32 Å². The molecule has 1 aromatic carbocycles. The summed E-state index contributed by atoms with van der Waals surface area (Å²) in [5, 5.41) is 2.61. The molecule has 1 aliphatic rings. The second-order valence-corrected chi connectivity index (χ2v) is 10.2. The van der Waals surface area contributed by atoms with E-state index in [1.54, 1.807) is 25.1 Å². The molecule has 0 bridgehead atoms. The summed E-state index contributed by atoms with van der Waals surface area (Å²) in [4.78, 5) is 27.8. The third-order valence-electron chi connectivity index (χ3n) is 4.54. The molecule has 2 heterocycles. The van der Waals surface area contributed by atoms with E-state index < -0.39 is 21.8 Å². The van der Waals surface area contributed by atoms with Crippen LogP contribution in [0, 0.1) is 5.82 Å². The molecule has 2 aromatic rings. The van der Waals surface area contributed by atoms with Crippen molar-refractivity contribution in [1.29, 1.82) is 0 Å². The van der Waals surface area contributed by atoms with E-state index in [0.717, 1.165) is 15.3 Å². The lowest BCUT2D eigenvalue weighted by molar-refractivity contribution is -0.134. The van der Waals surface area contributed by atoms with E-state index in [-0.39, 0.29) is 36.3 Å². The smallest absolute Gasteiger partial charge is 0.244 e. The predicted molar refractivity (Wildman–Crippen MR) is 112 cm³/mol. The fraction of sp³-hybridized carbons (Fsp3) is 0.300. The molecule has 3 rings (SSSR count). The lowest BCUT2D eigenvalue weighted by Gasteiger charge is -2.29. The third kappa shape index (κ3) is 5.74. The average molecular weight is 437 g/mol. The third-order valence-corrected chi connectivity index (χ3v) is 7.25. The molecule has 6 nitrogen and oxygen atoms in total. The maximum absolute atomic E-state index is 13.0. The number of sulfone groups is 1. The SMILES string of the molecule is CC(NC(=O)/C=C/c1ccc(-c2ccc(F)cc2)s1)C(=O)N1CCS(=O)(=O)CC1. The maximum atomic E-state index is 13.0. The molecular weight excluding hydrogens is 415 g/mol. The number of benzene rings is 1. The molecule has 1 aromatic heterocycles. The van der Waals surface area contributed by atoms with Gasteiger partial charge in [0.1, 0.15) is 11.9 Å². The molecule has 1 saturated heterocycles. The van der Waals surface area contributed by atoms with Crippen LogP contribution in [0.1, 0.15) is 11.8 Å². The van der Waals surface area contributed by atoms with E-state index >= 15 is 0 Å². The number of amides is 2. The lowest BCUT2D eigenvalue weighted by Crippen LogP contribution is -2.51. The number of carbonyl (C=O) groups is 2. The van der Waals surface area contributed by atoms with Crippen molar-refractivity contribution in [2.45, 2.75) is 13.0 Å². The Morgan fingerprint density at radius 3 is 2.45 bits per heavy atom. The van der Waals surface area contributed by atoms with Gasteiger partial charge in [-0.2, -0.15) is 0 Å². The number of nitrogens with zero attached hydrogens (tertiary/aromatic N) is 1. The van der Waals surface area contributed by atoms with Crippen LogP contribution in [-0.4, -0.2) is 55.8 Å². The van der Waals surface area contributed by atoms with Crippen molar-refractivity contribution in [2.75, 3.05) is 24.6 Å². The van der Waals surface area contributed by atoms with Crippen LogP contribution < -0.4 is 5.32 Å². The second-order valence-electron chi connectivity index (χ2n) is 6.75. The van der Waals surface area contributed by atoms with Crippen LogP contribution >= 0.6 is 11.3 Å². The second kappa shape index (κ2) is 8.87. The van der Waals surface area contributed by atoms with Crippen molar-refractivity contribution in [3.05, 3.63) is 53.2 Å². The van der Waals surface area contributed by atoms with E-state index in [9.17, 15) is 22.4 Å². The minimum atomic E-state index is -3.07. The molecule has 154 valence electrons. The minimum Gasteiger partial charge on any atom is -0.341 e. The normalized spacial score (nSPS) is 17.2. The number of carbonyl (C=O) groups excluding carboxylic acids is 2. The van der Waals surface area contributed by atoms with Crippen LogP contribution in [0.5, 0.6) is 0 Å². The first-order valence-corrected chi connectivity index (χ1v) is 11.7. The van der Waals surface area contributed by atoms with Gasteiger partial charge in [0, 0.05) is 28.9 Å². The highest BCUT2D eigenvalue weighted by molar-refractivity contribution is 7.91. The summed E-state index contributed by atoms with van der Waals surface area (Å²) in [5.41, 5.74) is 0.892. The van der Waals surface area contributed by atoms with Gasteiger partial charge >= 0.3 is 0 Å². The fourth-order valence-corrected chi connectivity index (χ4v) is 5.02. The molecule has 29 heavy (non-hydrogen) atoms. The van der Waals surface area contributed by atoms with Gasteiger partial charge in [-0.3, -0.25) is 9.59 Å². The molecule has 2 amide bonds. The zero-order valence-electron chi connectivity index (χ0n) is 15.8. The summed E-state index contributed by atoms with van der Waals surface area (Å²) in [6, 6.07) is 9.19. The molecule has 0 saturated carbocycles. The molecule has 0 radical (unpaired) electrons. The van der Waals surface area contributed by atoms with E-state index in [1.165, 1.54) is 34.4 Å². The molecule has 9 heteroatoms. The van der Waals surface area contributed by atoms with Gasteiger partial charge in [0.05, 0.1) is 11.5 Å². The van der Waals surface area contributed by atoms with Gasteiger partial charge < -0.3 is 10.2 Å². The quantitative estimate of drug-likeness (QED) is 0.730. The Hall–Kier alpha value is -2.52. The summed E-state index contributed by atoms with van der Waals surface area (Å²) in [7, 11) is -3.07. The first-order valence-electron chi connectivity index (χ1n) is 9.07. The van der Waals surface area contributed by atoms with Gasteiger partial charge in [-0.15, -0.1) is 11.3 Å².